The van der Waals surface area contributed by atoms with Gasteiger partial charge in [-0.15, -0.1) is 11.3 Å². The number of nitrogens with zero attached hydrogens (tertiary/aromatic N) is 1. The molecule has 110 valence electrons. The number of carbonyl (C=O) groups excluding carboxylic acids is 1. The van der Waals surface area contributed by atoms with E-state index in [0.717, 1.165) is 5.01 Å². The van der Waals surface area contributed by atoms with Crippen molar-refractivity contribution in [2.24, 2.45) is 0 Å². The lowest BCUT2D eigenvalue weighted by molar-refractivity contribution is 0.0697. The molecule has 0 spiro atoms. The SMILES string of the molecule is CC(C)(NC(=O)Nc1ccc(C(=O)O)cc1)c1nccs1. The Balaban J connectivity index is 2.00. The van der Waals surface area contributed by atoms with Gasteiger partial charge in [0.25, 0.3) is 0 Å². The molecule has 0 fully saturated rings. The summed E-state index contributed by atoms with van der Waals surface area (Å²) in [7, 11) is 0. The van der Waals surface area contributed by atoms with Crippen LogP contribution in [0.1, 0.15) is 29.2 Å². The number of carboxylic acid groups (broad SMARTS) is 1. The first-order valence-corrected chi connectivity index (χ1v) is 7.09. The number of hydrogen-bond donors (Lipinski definition) is 3. The molecule has 0 aliphatic heterocycles. The lowest BCUT2D eigenvalue weighted by atomic mass is 10.1. The molecular weight excluding hydrogens is 290 g/mol. The molecule has 0 aliphatic rings. The van der Waals surface area contributed by atoms with Gasteiger partial charge in [0.1, 0.15) is 5.01 Å². The molecule has 0 unspecified atom stereocenters. The molecule has 2 aromatic rings. The van der Waals surface area contributed by atoms with Crippen molar-refractivity contribution in [3.8, 4) is 0 Å². The van der Waals surface area contributed by atoms with E-state index in [1.54, 1.807) is 18.3 Å². The quantitative estimate of drug-likeness (QED) is 0.810. The van der Waals surface area contributed by atoms with Gasteiger partial charge in [-0.05, 0) is 38.1 Å². The predicted molar refractivity (Wildman–Crippen MR) is 80.7 cm³/mol. The molecule has 0 saturated carbocycles. The zero-order chi connectivity index (χ0) is 15.5. The second-order valence-electron chi connectivity index (χ2n) is 4.92. The molecule has 0 atom stereocenters. The molecule has 1 aromatic carbocycles. The molecule has 0 aliphatic carbocycles. The summed E-state index contributed by atoms with van der Waals surface area (Å²) < 4.78 is 0. The van der Waals surface area contributed by atoms with Gasteiger partial charge >= 0.3 is 12.0 Å². The van der Waals surface area contributed by atoms with E-state index >= 15 is 0 Å². The second-order valence-corrected chi connectivity index (χ2v) is 5.82. The second kappa shape index (κ2) is 5.92. The third-order valence-electron chi connectivity index (χ3n) is 2.78. The number of benzene rings is 1. The largest absolute Gasteiger partial charge is 0.478 e. The van der Waals surface area contributed by atoms with E-state index < -0.39 is 11.5 Å². The number of rotatable bonds is 4. The topological polar surface area (TPSA) is 91.3 Å². The Kier molecular flexibility index (Phi) is 4.23. The van der Waals surface area contributed by atoms with Gasteiger partial charge in [0.2, 0.25) is 0 Å². The highest BCUT2D eigenvalue weighted by Crippen LogP contribution is 2.22. The third-order valence-corrected chi connectivity index (χ3v) is 3.88. The Hall–Kier alpha value is -2.41. The van der Waals surface area contributed by atoms with Crippen molar-refractivity contribution in [3.63, 3.8) is 0 Å². The van der Waals surface area contributed by atoms with Crippen molar-refractivity contribution in [2.75, 3.05) is 5.32 Å². The van der Waals surface area contributed by atoms with Crippen LogP contribution in [-0.4, -0.2) is 22.1 Å². The standard InChI is InChI=1S/C14H15N3O3S/c1-14(2,12-15-7-8-21-12)17-13(20)16-10-5-3-9(4-6-10)11(18)19/h3-8H,1-2H3,(H,18,19)(H2,16,17,20). The molecule has 21 heavy (non-hydrogen) atoms. The van der Waals surface area contributed by atoms with Crippen LogP contribution in [0.25, 0.3) is 0 Å². The fraction of sp³-hybridized carbons (Fsp3) is 0.214. The van der Waals surface area contributed by atoms with E-state index in [-0.39, 0.29) is 11.6 Å². The van der Waals surface area contributed by atoms with Crippen LogP contribution in [0, 0.1) is 0 Å². The minimum Gasteiger partial charge on any atom is -0.478 e. The molecule has 0 bridgehead atoms. The van der Waals surface area contributed by atoms with Gasteiger partial charge in [0.05, 0.1) is 11.1 Å². The van der Waals surface area contributed by atoms with Crippen molar-refractivity contribution in [1.82, 2.24) is 10.3 Å². The van der Waals surface area contributed by atoms with Crippen LogP contribution < -0.4 is 10.6 Å². The smallest absolute Gasteiger partial charge is 0.335 e. The summed E-state index contributed by atoms with van der Waals surface area (Å²) >= 11 is 1.46. The minimum absolute atomic E-state index is 0.170. The van der Waals surface area contributed by atoms with Gasteiger partial charge < -0.3 is 15.7 Å². The van der Waals surface area contributed by atoms with E-state index in [1.807, 2.05) is 19.2 Å². The third kappa shape index (κ3) is 3.79. The highest BCUT2D eigenvalue weighted by Gasteiger charge is 2.25. The van der Waals surface area contributed by atoms with E-state index in [9.17, 15) is 9.59 Å². The average Bonchev–Trinajstić information content (AvgIpc) is 2.93. The average molecular weight is 305 g/mol. The molecular formula is C14H15N3O3S. The summed E-state index contributed by atoms with van der Waals surface area (Å²) in [5, 5.41) is 16.9. The Morgan fingerprint density at radius 3 is 2.43 bits per heavy atom. The number of carbonyl (C=O) groups is 2. The highest BCUT2D eigenvalue weighted by molar-refractivity contribution is 7.09. The lowest BCUT2D eigenvalue weighted by Crippen LogP contribution is -2.43. The number of anilines is 1. The molecule has 1 aromatic heterocycles. The van der Waals surface area contributed by atoms with Crippen molar-refractivity contribution < 1.29 is 14.7 Å². The first-order valence-electron chi connectivity index (χ1n) is 6.21. The summed E-state index contributed by atoms with van der Waals surface area (Å²) in [6.07, 6.45) is 1.69. The van der Waals surface area contributed by atoms with Crippen LogP contribution in [-0.2, 0) is 5.54 Å². The number of carboxylic acids is 1. The maximum absolute atomic E-state index is 12.0. The van der Waals surface area contributed by atoms with Gasteiger partial charge in [0.15, 0.2) is 0 Å². The maximum Gasteiger partial charge on any atom is 0.335 e. The van der Waals surface area contributed by atoms with Gasteiger partial charge in [-0.1, -0.05) is 0 Å². The van der Waals surface area contributed by atoms with E-state index in [0.29, 0.717) is 5.69 Å². The van der Waals surface area contributed by atoms with E-state index in [1.165, 1.54) is 23.5 Å². The number of amides is 2. The number of urea groups is 1. The Bertz CT molecular complexity index is 636. The number of aromatic carboxylic acids is 1. The zero-order valence-corrected chi connectivity index (χ0v) is 12.4. The molecule has 3 N–H and O–H groups in total. The molecule has 2 amide bonds. The maximum atomic E-state index is 12.0. The lowest BCUT2D eigenvalue weighted by Gasteiger charge is -2.23. The number of hydrogen-bond acceptors (Lipinski definition) is 4. The molecule has 0 radical (unpaired) electrons. The highest BCUT2D eigenvalue weighted by atomic mass is 32.1. The fourth-order valence-corrected chi connectivity index (χ4v) is 2.45. The normalized spacial score (nSPS) is 11.0. The molecule has 7 heteroatoms. The molecule has 6 nitrogen and oxygen atoms in total. The zero-order valence-electron chi connectivity index (χ0n) is 11.6. The van der Waals surface area contributed by atoms with Crippen molar-refractivity contribution >= 4 is 29.0 Å². The summed E-state index contributed by atoms with van der Waals surface area (Å²) in [6.45, 7) is 3.72. The fourth-order valence-electron chi connectivity index (χ4n) is 1.73. The van der Waals surface area contributed by atoms with Crippen LogP contribution in [0.15, 0.2) is 35.8 Å². The van der Waals surface area contributed by atoms with Crippen LogP contribution in [0.4, 0.5) is 10.5 Å². The monoisotopic (exact) mass is 305 g/mol. The van der Waals surface area contributed by atoms with Gasteiger partial charge in [-0.2, -0.15) is 0 Å². The summed E-state index contributed by atoms with van der Waals surface area (Å²) in [4.78, 5) is 26.9. The van der Waals surface area contributed by atoms with Gasteiger partial charge in [-0.3, -0.25) is 0 Å². The molecule has 1 heterocycles. The van der Waals surface area contributed by atoms with E-state index in [4.69, 9.17) is 5.11 Å². The number of aromatic nitrogens is 1. The minimum atomic E-state index is -1.00. The van der Waals surface area contributed by atoms with Crippen LogP contribution in [0.5, 0.6) is 0 Å². The summed E-state index contributed by atoms with van der Waals surface area (Å²) in [5.41, 5.74) is 0.107. The first-order chi connectivity index (χ1) is 9.88. The van der Waals surface area contributed by atoms with Crippen LogP contribution in [0.3, 0.4) is 0 Å². The summed E-state index contributed by atoms with van der Waals surface area (Å²) in [6, 6.07) is 5.57. The Labute approximate surface area is 125 Å². The van der Waals surface area contributed by atoms with Gasteiger partial charge in [-0.25, -0.2) is 14.6 Å². The van der Waals surface area contributed by atoms with Gasteiger partial charge in [0, 0.05) is 17.3 Å². The van der Waals surface area contributed by atoms with E-state index in [2.05, 4.69) is 15.6 Å². The number of thiazole rings is 1. The predicted octanol–water partition coefficient (Wildman–Crippen LogP) is 2.90. The summed E-state index contributed by atoms with van der Waals surface area (Å²) in [5.74, 6) is -1.00. The Morgan fingerprint density at radius 1 is 1.24 bits per heavy atom. The van der Waals surface area contributed by atoms with Crippen molar-refractivity contribution in [2.45, 2.75) is 19.4 Å². The van der Waals surface area contributed by atoms with Crippen molar-refractivity contribution in [1.29, 1.82) is 0 Å². The number of nitrogens with one attached hydrogen (secondary N) is 2. The Morgan fingerprint density at radius 2 is 1.90 bits per heavy atom. The first kappa shape index (κ1) is 15.0. The molecule has 0 saturated heterocycles. The molecule has 2 rings (SSSR count). The van der Waals surface area contributed by atoms with Crippen LogP contribution >= 0.6 is 11.3 Å². The van der Waals surface area contributed by atoms with Crippen molar-refractivity contribution in [3.05, 3.63) is 46.4 Å². The van der Waals surface area contributed by atoms with Crippen LogP contribution in [0.2, 0.25) is 0 Å².